The predicted molar refractivity (Wildman–Crippen MR) is 86.4 cm³/mol. The topological polar surface area (TPSA) is 79.5 Å². The van der Waals surface area contributed by atoms with E-state index in [0.717, 1.165) is 0 Å². The second-order valence-corrected chi connectivity index (χ2v) is 6.88. The zero-order valence-electron chi connectivity index (χ0n) is 12.4. The third kappa shape index (κ3) is 3.43. The van der Waals surface area contributed by atoms with Crippen LogP contribution in [0.3, 0.4) is 0 Å². The van der Waals surface area contributed by atoms with Gasteiger partial charge in [-0.05, 0) is 24.3 Å². The highest BCUT2D eigenvalue weighted by Crippen LogP contribution is 2.22. The minimum atomic E-state index is -3.73. The first-order valence-electron chi connectivity index (χ1n) is 7.18. The predicted octanol–water partition coefficient (Wildman–Crippen LogP) is 1.19. The molecule has 0 aliphatic carbocycles. The molecule has 1 aliphatic heterocycles. The van der Waals surface area contributed by atoms with Crippen molar-refractivity contribution in [3.63, 3.8) is 0 Å². The maximum absolute atomic E-state index is 13.8. The fourth-order valence-corrected chi connectivity index (χ4v) is 3.07. The second kappa shape index (κ2) is 6.13. The molecule has 0 bridgehead atoms. The molecule has 1 aromatic heterocycles. The van der Waals surface area contributed by atoms with E-state index in [2.05, 4.69) is 4.98 Å². The SMILES string of the molecule is NS(=O)(=O)c1ccc(N2CCN(c3ccccc3F)CC2)nc1. The van der Waals surface area contributed by atoms with E-state index in [4.69, 9.17) is 5.14 Å². The van der Waals surface area contributed by atoms with Crippen molar-refractivity contribution < 1.29 is 12.8 Å². The number of hydrogen-bond donors (Lipinski definition) is 1. The summed E-state index contributed by atoms with van der Waals surface area (Å²) in [7, 11) is -3.73. The van der Waals surface area contributed by atoms with Gasteiger partial charge in [-0.15, -0.1) is 0 Å². The minimum Gasteiger partial charge on any atom is -0.366 e. The van der Waals surface area contributed by atoms with Crippen molar-refractivity contribution in [2.24, 2.45) is 5.14 Å². The number of benzene rings is 1. The molecular weight excluding hydrogens is 319 g/mol. The zero-order chi connectivity index (χ0) is 16.4. The number of pyridine rings is 1. The Bertz CT molecular complexity index is 787. The molecule has 0 amide bonds. The van der Waals surface area contributed by atoms with Gasteiger partial charge in [0.2, 0.25) is 10.0 Å². The number of rotatable bonds is 3. The Morgan fingerprint density at radius 1 is 1.00 bits per heavy atom. The molecule has 1 aromatic carbocycles. The number of nitrogens with two attached hydrogens (primary N) is 1. The second-order valence-electron chi connectivity index (χ2n) is 5.32. The molecule has 0 saturated carbocycles. The van der Waals surface area contributed by atoms with Gasteiger partial charge in [-0.1, -0.05) is 12.1 Å². The van der Waals surface area contributed by atoms with E-state index in [1.807, 2.05) is 15.9 Å². The number of sulfonamides is 1. The Labute approximate surface area is 134 Å². The van der Waals surface area contributed by atoms with Crippen LogP contribution in [0.25, 0.3) is 0 Å². The molecule has 0 atom stereocenters. The highest BCUT2D eigenvalue weighted by molar-refractivity contribution is 7.89. The van der Waals surface area contributed by atoms with E-state index >= 15 is 0 Å². The van der Waals surface area contributed by atoms with Gasteiger partial charge in [0.25, 0.3) is 0 Å². The van der Waals surface area contributed by atoms with Crippen LogP contribution >= 0.6 is 0 Å². The lowest BCUT2D eigenvalue weighted by molar-refractivity contribution is 0.595. The first kappa shape index (κ1) is 15.7. The molecule has 1 saturated heterocycles. The smallest absolute Gasteiger partial charge is 0.239 e. The number of primary sulfonamides is 1. The summed E-state index contributed by atoms with van der Waals surface area (Å²) < 4.78 is 36.3. The van der Waals surface area contributed by atoms with Crippen molar-refractivity contribution in [3.8, 4) is 0 Å². The Balaban J connectivity index is 1.68. The molecule has 122 valence electrons. The highest BCUT2D eigenvalue weighted by Gasteiger charge is 2.20. The summed E-state index contributed by atoms with van der Waals surface area (Å²) in [4.78, 5) is 8.17. The zero-order valence-corrected chi connectivity index (χ0v) is 13.2. The van der Waals surface area contributed by atoms with Gasteiger partial charge in [0, 0.05) is 32.4 Å². The van der Waals surface area contributed by atoms with Crippen molar-refractivity contribution in [1.29, 1.82) is 0 Å². The molecule has 6 nitrogen and oxygen atoms in total. The van der Waals surface area contributed by atoms with Gasteiger partial charge in [-0.25, -0.2) is 22.9 Å². The number of para-hydroxylation sites is 1. The monoisotopic (exact) mass is 336 g/mol. The molecular formula is C15H17FN4O2S. The van der Waals surface area contributed by atoms with E-state index in [1.54, 1.807) is 18.2 Å². The maximum atomic E-state index is 13.8. The van der Waals surface area contributed by atoms with Gasteiger partial charge in [-0.2, -0.15) is 0 Å². The van der Waals surface area contributed by atoms with E-state index in [0.29, 0.717) is 37.7 Å². The molecule has 0 radical (unpaired) electrons. The van der Waals surface area contributed by atoms with Crippen LogP contribution in [0.4, 0.5) is 15.9 Å². The molecule has 1 aliphatic rings. The summed E-state index contributed by atoms with van der Waals surface area (Å²) in [6.07, 6.45) is 1.26. The first-order chi connectivity index (χ1) is 10.9. The van der Waals surface area contributed by atoms with Gasteiger partial charge in [-0.3, -0.25) is 0 Å². The molecule has 8 heteroatoms. The van der Waals surface area contributed by atoms with Gasteiger partial charge < -0.3 is 9.80 Å². The van der Waals surface area contributed by atoms with Gasteiger partial charge in [0.05, 0.1) is 5.69 Å². The van der Waals surface area contributed by atoms with Crippen LogP contribution in [0.5, 0.6) is 0 Å². The summed E-state index contributed by atoms with van der Waals surface area (Å²) in [5, 5.41) is 5.06. The number of anilines is 2. The number of nitrogens with zero attached hydrogens (tertiary/aromatic N) is 3. The highest BCUT2D eigenvalue weighted by atomic mass is 32.2. The maximum Gasteiger partial charge on any atom is 0.239 e. The van der Waals surface area contributed by atoms with Crippen LogP contribution in [0.15, 0.2) is 47.5 Å². The molecule has 1 fully saturated rings. The van der Waals surface area contributed by atoms with Crippen LogP contribution < -0.4 is 14.9 Å². The number of halogens is 1. The van der Waals surface area contributed by atoms with Crippen LogP contribution in [-0.2, 0) is 10.0 Å². The Hall–Kier alpha value is -2.19. The molecule has 3 rings (SSSR count). The van der Waals surface area contributed by atoms with Crippen LogP contribution in [0.1, 0.15) is 0 Å². The van der Waals surface area contributed by atoms with Crippen molar-refractivity contribution in [2.75, 3.05) is 36.0 Å². The average molecular weight is 336 g/mol. The molecule has 2 N–H and O–H groups in total. The summed E-state index contributed by atoms with van der Waals surface area (Å²) in [5.74, 6) is 0.460. The molecule has 23 heavy (non-hydrogen) atoms. The minimum absolute atomic E-state index is 0.00811. The molecule has 0 unspecified atom stereocenters. The number of piperazine rings is 1. The third-order valence-corrected chi connectivity index (χ3v) is 4.74. The van der Waals surface area contributed by atoms with E-state index in [9.17, 15) is 12.8 Å². The van der Waals surface area contributed by atoms with Gasteiger partial charge >= 0.3 is 0 Å². The first-order valence-corrected chi connectivity index (χ1v) is 8.73. The van der Waals surface area contributed by atoms with Crippen molar-refractivity contribution in [2.45, 2.75) is 4.90 Å². The van der Waals surface area contributed by atoms with E-state index in [1.165, 1.54) is 18.3 Å². The quantitative estimate of drug-likeness (QED) is 0.911. The van der Waals surface area contributed by atoms with Crippen LogP contribution in [0, 0.1) is 5.82 Å². The third-order valence-electron chi connectivity index (χ3n) is 3.85. The van der Waals surface area contributed by atoms with Gasteiger partial charge in [0.1, 0.15) is 16.5 Å². The van der Waals surface area contributed by atoms with Crippen molar-refractivity contribution in [1.82, 2.24) is 4.98 Å². The molecule has 2 aromatic rings. The summed E-state index contributed by atoms with van der Waals surface area (Å²) in [5.41, 5.74) is 0.602. The lowest BCUT2D eigenvalue weighted by Gasteiger charge is -2.36. The Morgan fingerprint density at radius 2 is 1.65 bits per heavy atom. The van der Waals surface area contributed by atoms with Crippen molar-refractivity contribution >= 4 is 21.5 Å². The van der Waals surface area contributed by atoms with Crippen molar-refractivity contribution in [3.05, 3.63) is 48.4 Å². The number of aromatic nitrogens is 1. The normalized spacial score (nSPS) is 15.7. The van der Waals surface area contributed by atoms with E-state index in [-0.39, 0.29) is 10.7 Å². The van der Waals surface area contributed by atoms with Crippen LogP contribution in [0.2, 0.25) is 0 Å². The van der Waals surface area contributed by atoms with Gasteiger partial charge in [0.15, 0.2) is 0 Å². The standard InChI is InChI=1S/C15H17FN4O2S/c16-13-3-1-2-4-14(13)19-7-9-20(10-8-19)15-6-5-12(11-18-15)23(17,21)22/h1-6,11H,7-10H2,(H2,17,21,22). The summed E-state index contributed by atoms with van der Waals surface area (Å²) in [6, 6.07) is 9.79. The Morgan fingerprint density at radius 3 is 2.22 bits per heavy atom. The average Bonchev–Trinajstić information content (AvgIpc) is 2.55. The Kier molecular flexibility index (Phi) is 4.18. The number of hydrogen-bond acceptors (Lipinski definition) is 5. The largest absolute Gasteiger partial charge is 0.366 e. The molecule has 2 heterocycles. The lowest BCUT2D eigenvalue weighted by Crippen LogP contribution is -2.47. The lowest BCUT2D eigenvalue weighted by atomic mass is 10.2. The fraction of sp³-hybridized carbons (Fsp3) is 0.267. The summed E-state index contributed by atoms with van der Waals surface area (Å²) in [6.45, 7) is 2.69. The summed E-state index contributed by atoms with van der Waals surface area (Å²) >= 11 is 0. The van der Waals surface area contributed by atoms with E-state index < -0.39 is 10.0 Å². The fourth-order valence-electron chi connectivity index (χ4n) is 2.61. The van der Waals surface area contributed by atoms with Crippen LogP contribution in [-0.4, -0.2) is 39.6 Å². The molecule has 0 spiro atoms.